The maximum absolute atomic E-state index is 13.2. The van der Waals surface area contributed by atoms with E-state index in [1.54, 1.807) is 0 Å². The van der Waals surface area contributed by atoms with Crippen LogP contribution in [-0.2, 0) is 17.5 Å². The Morgan fingerprint density at radius 1 is 1.14 bits per heavy atom. The molecule has 0 radical (unpaired) electrons. The number of halogens is 3. The first-order valence-electron chi connectivity index (χ1n) is 10.4. The van der Waals surface area contributed by atoms with Crippen LogP contribution in [0.15, 0.2) is 59.5 Å². The van der Waals surface area contributed by atoms with Crippen molar-refractivity contribution in [3.63, 3.8) is 0 Å². The Balaban J connectivity index is 1.35. The minimum absolute atomic E-state index is 0.00587. The summed E-state index contributed by atoms with van der Waals surface area (Å²) in [4.78, 5) is 42.8. The minimum atomic E-state index is -4.73. The number of H-pyrrole nitrogens is 1. The van der Waals surface area contributed by atoms with Crippen LogP contribution >= 0.6 is 0 Å². The van der Waals surface area contributed by atoms with E-state index >= 15 is 0 Å². The molecule has 35 heavy (non-hydrogen) atoms. The second-order valence-electron chi connectivity index (χ2n) is 7.91. The molecule has 1 aliphatic rings. The average Bonchev–Trinajstić information content (AvgIpc) is 3.59. The second kappa shape index (κ2) is 9.12. The lowest BCUT2D eigenvalue weighted by Crippen LogP contribution is -2.49. The summed E-state index contributed by atoms with van der Waals surface area (Å²) in [7, 11) is 0. The predicted octanol–water partition coefficient (Wildman–Crippen LogP) is 2.87. The Hall–Kier alpha value is -4.35. The van der Waals surface area contributed by atoms with Crippen LogP contribution in [0, 0.1) is 0 Å². The summed E-state index contributed by atoms with van der Waals surface area (Å²) in [6, 6.07) is 9.61. The molecule has 1 saturated carbocycles. The second-order valence-corrected chi connectivity index (χ2v) is 7.91. The topological polar surface area (TPSA) is 133 Å². The van der Waals surface area contributed by atoms with Crippen LogP contribution in [0.3, 0.4) is 0 Å². The third kappa shape index (κ3) is 5.60. The smallest absolute Gasteiger partial charge is 0.420 e. The van der Waals surface area contributed by atoms with Crippen molar-refractivity contribution in [2.75, 3.05) is 0 Å². The van der Waals surface area contributed by atoms with Gasteiger partial charge in [-0.3, -0.25) is 19.4 Å². The van der Waals surface area contributed by atoms with Gasteiger partial charge in [-0.2, -0.15) is 13.2 Å². The van der Waals surface area contributed by atoms with E-state index < -0.39 is 46.2 Å². The zero-order valence-corrected chi connectivity index (χ0v) is 18.0. The standard InChI is InChI=1S/C23H19F3N4O5/c24-23(25,26)16-10-14(31)5-7-18(16)35-15-6-4-13(27-12-15)11-28-21(34)22(8-9-22)30-20(33)17-2-1-3-19(32)29-17/h1-7,10,12,31H,8-9,11H2,(H,28,34)(H,29,32)(H,30,33). The number of pyridine rings is 2. The lowest BCUT2D eigenvalue weighted by Gasteiger charge is -2.17. The minimum Gasteiger partial charge on any atom is -0.508 e. The quantitative estimate of drug-likeness (QED) is 0.404. The molecule has 0 atom stereocenters. The van der Waals surface area contributed by atoms with Crippen molar-refractivity contribution < 1.29 is 32.6 Å². The molecule has 0 aliphatic heterocycles. The fraction of sp³-hybridized carbons (Fsp3) is 0.217. The lowest BCUT2D eigenvalue weighted by molar-refractivity contribution is -0.138. The monoisotopic (exact) mass is 488 g/mol. The first-order chi connectivity index (χ1) is 16.6. The number of hydrogen-bond donors (Lipinski definition) is 4. The van der Waals surface area contributed by atoms with Gasteiger partial charge in [0.2, 0.25) is 11.5 Å². The van der Waals surface area contributed by atoms with Gasteiger partial charge in [0.25, 0.3) is 5.91 Å². The molecule has 182 valence electrons. The van der Waals surface area contributed by atoms with E-state index in [1.165, 1.54) is 36.5 Å². The maximum Gasteiger partial charge on any atom is 0.420 e. The fourth-order valence-electron chi connectivity index (χ4n) is 3.27. The Kier molecular flexibility index (Phi) is 6.20. The number of nitrogens with one attached hydrogen (secondary N) is 3. The first-order valence-corrected chi connectivity index (χ1v) is 10.4. The molecule has 1 aromatic carbocycles. The van der Waals surface area contributed by atoms with Crippen molar-refractivity contribution in [3.8, 4) is 17.2 Å². The molecule has 9 nitrogen and oxygen atoms in total. The van der Waals surface area contributed by atoms with Gasteiger partial charge in [0.15, 0.2) is 0 Å². The molecule has 2 amide bonds. The van der Waals surface area contributed by atoms with Crippen LogP contribution < -0.4 is 20.9 Å². The molecule has 0 bridgehead atoms. The highest BCUT2D eigenvalue weighted by Gasteiger charge is 2.51. The molecule has 0 unspecified atom stereocenters. The summed E-state index contributed by atoms with van der Waals surface area (Å²) >= 11 is 0. The summed E-state index contributed by atoms with van der Waals surface area (Å²) in [5.74, 6) is -2.02. The molecule has 4 N–H and O–H groups in total. The van der Waals surface area contributed by atoms with Gasteiger partial charge in [0.05, 0.1) is 18.4 Å². The van der Waals surface area contributed by atoms with Crippen molar-refractivity contribution in [1.82, 2.24) is 20.6 Å². The third-order valence-corrected chi connectivity index (χ3v) is 5.27. The van der Waals surface area contributed by atoms with Crippen LogP contribution in [-0.4, -0.2) is 32.4 Å². The Morgan fingerprint density at radius 2 is 1.91 bits per heavy atom. The van der Waals surface area contributed by atoms with Crippen molar-refractivity contribution in [2.45, 2.75) is 31.1 Å². The van der Waals surface area contributed by atoms with Crippen LogP contribution in [0.1, 0.15) is 34.6 Å². The molecule has 3 aromatic rings. The van der Waals surface area contributed by atoms with Gasteiger partial charge in [-0.1, -0.05) is 6.07 Å². The van der Waals surface area contributed by atoms with Crippen molar-refractivity contribution in [3.05, 3.63) is 82.0 Å². The van der Waals surface area contributed by atoms with Gasteiger partial charge >= 0.3 is 6.18 Å². The number of phenolic OH excluding ortho intramolecular Hbond substituents is 1. The molecule has 1 aliphatic carbocycles. The highest BCUT2D eigenvalue weighted by Crippen LogP contribution is 2.40. The molecule has 12 heteroatoms. The van der Waals surface area contributed by atoms with E-state index in [1.807, 2.05) is 0 Å². The zero-order chi connectivity index (χ0) is 25.2. The average molecular weight is 488 g/mol. The van der Waals surface area contributed by atoms with Crippen LogP contribution in [0.4, 0.5) is 13.2 Å². The van der Waals surface area contributed by atoms with E-state index in [4.69, 9.17) is 4.74 Å². The molecular formula is C23H19F3N4O5. The maximum atomic E-state index is 13.2. The number of ether oxygens (including phenoxy) is 1. The predicted molar refractivity (Wildman–Crippen MR) is 116 cm³/mol. The van der Waals surface area contributed by atoms with Crippen molar-refractivity contribution >= 4 is 11.8 Å². The molecule has 2 aromatic heterocycles. The number of aromatic hydroxyl groups is 1. The number of rotatable bonds is 7. The molecule has 0 spiro atoms. The van der Waals surface area contributed by atoms with Gasteiger partial charge in [0.1, 0.15) is 34.0 Å². The number of nitrogens with zero attached hydrogens (tertiary/aromatic N) is 1. The Labute approximate surface area is 196 Å². The SMILES string of the molecule is O=C(NC1(C(=O)NCc2ccc(Oc3ccc(O)cc3C(F)(F)F)cn2)CC1)c1cccc(=O)[nH]1. The number of phenols is 1. The number of benzene rings is 1. The van der Waals surface area contributed by atoms with E-state index in [-0.39, 0.29) is 18.0 Å². The fourth-order valence-corrected chi connectivity index (χ4v) is 3.27. The Morgan fingerprint density at radius 3 is 2.54 bits per heavy atom. The number of aromatic amines is 1. The number of carbonyl (C=O) groups is 2. The summed E-state index contributed by atoms with van der Waals surface area (Å²) in [6.45, 7) is 0.00587. The summed E-state index contributed by atoms with van der Waals surface area (Å²) < 4.78 is 44.8. The van der Waals surface area contributed by atoms with Gasteiger partial charge in [-0.15, -0.1) is 0 Å². The zero-order valence-electron chi connectivity index (χ0n) is 18.0. The van der Waals surface area contributed by atoms with Crippen LogP contribution in [0.5, 0.6) is 17.2 Å². The number of carbonyl (C=O) groups excluding carboxylic acids is 2. The molecule has 2 heterocycles. The van der Waals surface area contributed by atoms with Crippen LogP contribution in [0.25, 0.3) is 0 Å². The number of hydrogen-bond acceptors (Lipinski definition) is 6. The lowest BCUT2D eigenvalue weighted by atomic mass is 10.2. The first kappa shape index (κ1) is 23.8. The van der Waals surface area contributed by atoms with Crippen molar-refractivity contribution in [2.24, 2.45) is 0 Å². The normalized spacial score (nSPS) is 14.1. The highest BCUT2D eigenvalue weighted by atomic mass is 19.4. The van der Waals surface area contributed by atoms with E-state index in [9.17, 15) is 32.7 Å². The highest BCUT2D eigenvalue weighted by molar-refractivity contribution is 5.99. The van der Waals surface area contributed by atoms with Crippen molar-refractivity contribution in [1.29, 1.82) is 0 Å². The van der Waals surface area contributed by atoms with Gasteiger partial charge < -0.3 is 25.5 Å². The number of aromatic nitrogens is 2. The number of amides is 2. The molecule has 0 saturated heterocycles. The van der Waals surface area contributed by atoms with Gasteiger partial charge in [-0.25, -0.2) is 0 Å². The summed E-state index contributed by atoms with van der Waals surface area (Å²) in [5, 5.41) is 14.6. The van der Waals surface area contributed by atoms with E-state index in [0.29, 0.717) is 24.6 Å². The van der Waals surface area contributed by atoms with Crippen LogP contribution in [0.2, 0.25) is 0 Å². The van der Waals surface area contributed by atoms with E-state index in [2.05, 4.69) is 20.6 Å². The molecular weight excluding hydrogens is 469 g/mol. The van der Waals surface area contributed by atoms with Gasteiger partial charge in [-0.05, 0) is 49.2 Å². The number of alkyl halides is 3. The summed E-state index contributed by atoms with van der Waals surface area (Å²) in [5.41, 5.74) is -2.21. The van der Waals surface area contributed by atoms with E-state index in [0.717, 1.165) is 12.1 Å². The third-order valence-electron chi connectivity index (χ3n) is 5.27. The van der Waals surface area contributed by atoms with Gasteiger partial charge in [0, 0.05) is 6.07 Å². The largest absolute Gasteiger partial charge is 0.508 e. The molecule has 4 rings (SSSR count). The molecule has 1 fully saturated rings. The Bertz CT molecular complexity index is 1320. The summed E-state index contributed by atoms with van der Waals surface area (Å²) in [6.07, 6.45) is -2.67.